The fourth-order valence-electron chi connectivity index (χ4n) is 5.13. The van der Waals surface area contributed by atoms with Crippen molar-refractivity contribution in [3.05, 3.63) is 46.3 Å². The third-order valence-electron chi connectivity index (χ3n) is 7.40. The zero-order chi connectivity index (χ0) is 25.2. The molecule has 8 heteroatoms. The first-order valence-electron chi connectivity index (χ1n) is 12.7. The van der Waals surface area contributed by atoms with Crippen LogP contribution in [0.4, 0.5) is 0 Å². The number of sulfonamides is 1. The van der Waals surface area contributed by atoms with Crippen molar-refractivity contribution in [3.8, 4) is 0 Å². The van der Waals surface area contributed by atoms with Crippen molar-refractivity contribution in [1.82, 2.24) is 14.8 Å². The summed E-state index contributed by atoms with van der Waals surface area (Å²) in [6.45, 7) is 8.49. The Labute approximate surface area is 209 Å². The maximum absolute atomic E-state index is 13.7. The highest BCUT2D eigenvalue weighted by molar-refractivity contribution is 7.89. The number of piperidine rings is 1. The molecule has 2 heterocycles. The summed E-state index contributed by atoms with van der Waals surface area (Å²) in [6.07, 6.45) is 9.13. The zero-order valence-corrected chi connectivity index (χ0v) is 22.0. The van der Waals surface area contributed by atoms with E-state index in [0.717, 1.165) is 42.4 Å². The van der Waals surface area contributed by atoms with E-state index in [1.807, 2.05) is 38.1 Å². The Morgan fingerprint density at radius 1 is 1.11 bits per heavy atom. The maximum Gasteiger partial charge on any atom is 0.248 e. The molecule has 190 valence electrons. The Morgan fingerprint density at radius 2 is 1.86 bits per heavy atom. The van der Waals surface area contributed by atoms with E-state index in [0.29, 0.717) is 31.0 Å². The highest BCUT2D eigenvalue weighted by atomic mass is 32.2. The number of rotatable bonds is 6. The minimum Gasteiger partial charge on any atom is -0.355 e. The van der Waals surface area contributed by atoms with Crippen LogP contribution in [0.25, 0.3) is 12.2 Å². The van der Waals surface area contributed by atoms with Crippen LogP contribution in [-0.4, -0.2) is 42.9 Å². The molecule has 1 N–H and O–H groups in total. The molecule has 1 amide bonds. The van der Waals surface area contributed by atoms with Crippen LogP contribution in [0.3, 0.4) is 0 Å². The predicted octanol–water partition coefficient (Wildman–Crippen LogP) is 4.87. The number of benzene rings is 1. The number of aryl methyl sites for hydroxylation is 3. The standard InChI is InChI=1S/C27H37N3O4S/c1-18-8-12-24(13-9-18)28-27(31)23-6-5-15-30(17-23)35(32,33)26-21(4)29-34-25(26)14-11-22-16-19(2)7-10-20(22)3/h7,10-11,14,16,18,23-24H,5-6,8-9,12-13,15,17H2,1-4H3,(H,28,31). The Bertz CT molecular complexity index is 1190. The van der Waals surface area contributed by atoms with Crippen molar-refractivity contribution in [2.45, 2.75) is 77.2 Å². The second-order valence-electron chi connectivity index (χ2n) is 10.3. The first-order chi connectivity index (χ1) is 16.6. The van der Waals surface area contributed by atoms with Gasteiger partial charge in [0.05, 0.1) is 5.92 Å². The highest BCUT2D eigenvalue weighted by Gasteiger charge is 2.37. The fourth-order valence-corrected chi connectivity index (χ4v) is 6.90. The van der Waals surface area contributed by atoms with Gasteiger partial charge in [-0.15, -0.1) is 0 Å². The van der Waals surface area contributed by atoms with Crippen LogP contribution in [0.1, 0.15) is 73.6 Å². The molecule has 1 saturated heterocycles. The molecule has 7 nitrogen and oxygen atoms in total. The van der Waals surface area contributed by atoms with Crippen LogP contribution in [0.5, 0.6) is 0 Å². The molecule has 1 unspecified atom stereocenters. The normalized spacial score (nSPS) is 24.1. The Morgan fingerprint density at radius 3 is 2.60 bits per heavy atom. The van der Waals surface area contributed by atoms with E-state index in [2.05, 4.69) is 17.4 Å². The lowest BCUT2D eigenvalue weighted by molar-refractivity contribution is -0.127. The van der Waals surface area contributed by atoms with Crippen LogP contribution in [0, 0.1) is 32.6 Å². The van der Waals surface area contributed by atoms with E-state index in [9.17, 15) is 13.2 Å². The van der Waals surface area contributed by atoms with E-state index in [-0.39, 0.29) is 35.1 Å². The van der Waals surface area contributed by atoms with Crippen molar-refractivity contribution in [3.63, 3.8) is 0 Å². The predicted molar refractivity (Wildman–Crippen MR) is 137 cm³/mol. The molecule has 2 aliphatic rings. The second kappa shape index (κ2) is 10.7. The number of hydrogen-bond acceptors (Lipinski definition) is 5. The van der Waals surface area contributed by atoms with Crippen LogP contribution in [-0.2, 0) is 14.8 Å². The summed E-state index contributed by atoms with van der Waals surface area (Å²) in [7, 11) is -3.86. The number of carbonyl (C=O) groups excluding carboxylic acids is 1. The third kappa shape index (κ3) is 5.86. The average molecular weight is 500 g/mol. The summed E-state index contributed by atoms with van der Waals surface area (Å²) < 4.78 is 34.2. The number of carbonyl (C=O) groups is 1. The number of hydrogen-bond donors (Lipinski definition) is 1. The Kier molecular flexibility index (Phi) is 7.81. The molecule has 1 aliphatic heterocycles. The smallest absolute Gasteiger partial charge is 0.248 e. The van der Waals surface area contributed by atoms with E-state index >= 15 is 0 Å². The molecule has 0 spiro atoms. The molecule has 1 aromatic carbocycles. The first-order valence-corrected chi connectivity index (χ1v) is 14.1. The zero-order valence-electron chi connectivity index (χ0n) is 21.2. The van der Waals surface area contributed by atoms with Crippen molar-refractivity contribution >= 4 is 28.1 Å². The lowest BCUT2D eigenvalue weighted by atomic mass is 9.87. The summed E-state index contributed by atoms with van der Waals surface area (Å²) in [5.74, 6) is 0.558. The monoisotopic (exact) mass is 499 g/mol. The molecule has 2 fully saturated rings. The summed E-state index contributed by atoms with van der Waals surface area (Å²) >= 11 is 0. The van der Waals surface area contributed by atoms with Crippen molar-refractivity contribution in [1.29, 1.82) is 0 Å². The lowest BCUT2D eigenvalue weighted by Crippen LogP contribution is -2.48. The van der Waals surface area contributed by atoms with Gasteiger partial charge in [0.15, 0.2) is 10.7 Å². The quantitative estimate of drug-likeness (QED) is 0.612. The van der Waals surface area contributed by atoms with Gasteiger partial charge in [0, 0.05) is 19.1 Å². The molecule has 0 bridgehead atoms. The van der Waals surface area contributed by atoms with Gasteiger partial charge in [-0.1, -0.05) is 41.9 Å². The van der Waals surface area contributed by atoms with Gasteiger partial charge < -0.3 is 9.84 Å². The van der Waals surface area contributed by atoms with E-state index in [1.54, 1.807) is 13.0 Å². The van der Waals surface area contributed by atoms with E-state index in [4.69, 9.17) is 4.52 Å². The summed E-state index contributed by atoms with van der Waals surface area (Å²) in [5.41, 5.74) is 3.53. The summed E-state index contributed by atoms with van der Waals surface area (Å²) in [6, 6.07) is 6.32. The molecule has 35 heavy (non-hydrogen) atoms. The van der Waals surface area contributed by atoms with Gasteiger partial charge in [-0.25, -0.2) is 8.42 Å². The fraction of sp³-hybridized carbons (Fsp3) is 0.556. The van der Waals surface area contributed by atoms with E-state index in [1.165, 1.54) is 4.31 Å². The Balaban J connectivity index is 1.50. The van der Waals surface area contributed by atoms with E-state index < -0.39 is 10.0 Å². The molecule has 1 atom stereocenters. The second-order valence-corrected chi connectivity index (χ2v) is 12.2. The lowest BCUT2D eigenvalue weighted by Gasteiger charge is -2.33. The van der Waals surface area contributed by atoms with Gasteiger partial charge in [0.1, 0.15) is 5.69 Å². The minimum atomic E-state index is -3.86. The van der Waals surface area contributed by atoms with Crippen LogP contribution in [0.2, 0.25) is 0 Å². The highest BCUT2D eigenvalue weighted by Crippen LogP contribution is 2.30. The van der Waals surface area contributed by atoms with Crippen molar-refractivity contribution < 1.29 is 17.7 Å². The van der Waals surface area contributed by atoms with Crippen LogP contribution >= 0.6 is 0 Å². The minimum absolute atomic E-state index is 0.0264. The SMILES string of the molecule is Cc1ccc(C)c(C=Cc2onc(C)c2S(=O)(=O)N2CCCC(C(=O)NC3CCC(C)CC3)C2)c1. The average Bonchev–Trinajstić information content (AvgIpc) is 3.22. The molecular formula is C27H37N3O4S. The van der Waals surface area contributed by atoms with Crippen molar-refractivity contribution in [2.75, 3.05) is 13.1 Å². The molecule has 4 rings (SSSR count). The topological polar surface area (TPSA) is 92.5 Å². The number of nitrogens with one attached hydrogen (secondary N) is 1. The Hall–Kier alpha value is -2.45. The first kappa shape index (κ1) is 25.6. The van der Waals surface area contributed by atoms with Gasteiger partial charge in [0.2, 0.25) is 15.9 Å². The molecule has 1 saturated carbocycles. The third-order valence-corrected chi connectivity index (χ3v) is 9.42. The molecule has 1 aliphatic carbocycles. The van der Waals surface area contributed by atoms with Gasteiger partial charge in [0.25, 0.3) is 0 Å². The maximum atomic E-state index is 13.7. The number of amides is 1. The summed E-state index contributed by atoms with van der Waals surface area (Å²) in [4.78, 5) is 13.1. The van der Waals surface area contributed by atoms with Crippen molar-refractivity contribution in [2.24, 2.45) is 11.8 Å². The largest absolute Gasteiger partial charge is 0.355 e. The number of aromatic nitrogens is 1. The van der Waals surface area contributed by atoms with Gasteiger partial charge in [-0.05, 0) is 82.4 Å². The van der Waals surface area contributed by atoms with Gasteiger partial charge in [-0.2, -0.15) is 4.31 Å². The number of nitrogens with zero attached hydrogens (tertiary/aromatic N) is 2. The van der Waals surface area contributed by atoms with Crippen LogP contribution in [0.15, 0.2) is 27.6 Å². The molecular weight excluding hydrogens is 462 g/mol. The molecule has 1 aromatic heterocycles. The van der Waals surface area contributed by atoms with Gasteiger partial charge in [-0.3, -0.25) is 4.79 Å². The summed E-state index contributed by atoms with van der Waals surface area (Å²) in [5, 5.41) is 7.14. The van der Waals surface area contributed by atoms with Gasteiger partial charge >= 0.3 is 0 Å². The van der Waals surface area contributed by atoms with Crippen LogP contribution < -0.4 is 5.32 Å². The molecule has 0 radical (unpaired) electrons. The molecule has 2 aromatic rings.